The van der Waals surface area contributed by atoms with Gasteiger partial charge in [-0.15, -0.1) is 11.3 Å². The topological polar surface area (TPSA) is 105 Å². The number of nitrogens with zero attached hydrogens (tertiary/aromatic N) is 2. The molecule has 2 aromatic heterocycles. The zero-order valence-corrected chi connectivity index (χ0v) is 13.5. The van der Waals surface area contributed by atoms with Crippen molar-refractivity contribution >= 4 is 39.6 Å². The van der Waals surface area contributed by atoms with Gasteiger partial charge in [-0.3, -0.25) is 9.79 Å². The number of hydrogen-bond donors (Lipinski definition) is 2. The maximum atomic E-state index is 11.9. The molecule has 0 aliphatic heterocycles. The van der Waals surface area contributed by atoms with Crippen LogP contribution in [0, 0.1) is 6.92 Å². The first-order chi connectivity index (χ1) is 11.5. The first-order valence-electron chi connectivity index (χ1n) is 7.01. The highest BCUT2D eigenvalue weighted by atomic mass is 32.1. The van der Waals surface area contributed by atoms with E-state index in [4.69, 9.17) is 4.42 Å². The molecule has 0 spiro atoms. The summed E-state index contributed by atoms with van der Waals surface area (Å²) in [6, 6.07) is 6.62. The average Bonchev–Trinajstić information content (AvgIpc) is 2.95. The summed E-state index contributed by atoms with van der Waals surface area (Å²) in [5.74, 6) is -0.591. The van der Waals surface area contributed by atoms with E-state index < -0.39 is 5.63 Å². The molecule has 0 saturated carbocycles. The van der Waals surface area contributed by atoms with Crippen LogP contribution in [0.25, 0.3) is 11.0 Å². The normalized spacial score (nSPS) is 11.2. The number of thiazole rings is 1. The second-order valence-electron chi connectivity index (χ2n) is 4.96. The lowest BCUT2D eigenvalue weighted by Gasteiger charge is -2.02. The van der Waals surface area contributed by atoms with E-state index in [0.717, 1.165) is 11.9 Å². The number of aromatic hydroxyl groups is 1. The summed E-state index contributed by atoms with van der Waals surface area (Å²) in [6.45, 7) is 1.62. The van der Waals surface area contributed by atoms with E-state index in [-0.39, 0.29) is 29.3 Å². The Balaban J connectivity index is 1.76. The van der Waals surface area contributed by atoms with Crippen molar-refractivity contribution < 1.29 is 14.3 Å². The number of rotatable bonds is 4. The number of amides is 1. The second-order valence-corrected chi connectivity index (χ2v) is 5.82. The summed E-state index contributed by atoms with van der Waals surface area (Å²) in [7, 11) is 0. The Morgan fingerprint density at radius 3 is 3.00 bits per heavy atom. The average molecular weight is 343 g/mol. The molecular weight excluding hydrogens is 330 g/mol. The molecule has 2 N–H and O–H groups in total. The molecule has 7 nitrogen and oxygen atoms in total. The summed E-state index contributed by atoms with van der Waals surface area (Å²) in [4.78, 5) is 31.7. The first-order valence-corrected chi connectivity index (χ1v) is 7.89. The van der Waals surface area contributed by atoms with Crippen molar-refractivity contribution in [3.63, 3.8) is 0 Å². The van der Waals surface area contributed by atoms with Gasteiger partial charge < -0.3 is 14.8 Å². The molecule has 0 bridgehead atoms. The Morgan fingerprint density at radius 1 is 1.46 bits per heavy atom. The highest BCUT2D eigenvalue weighted by Crippen LogP contribution is 2.24. The summed E-state index contributed by atoms with van der Waals surface area (Å²) >= 11 is 1.31. The van der Waals surface area contributed by atoms with Gasteiger partial charge in [0, 0.05) is 11.6 Å². The highest BCUT2D eigenvalue weighted by molar-refractivity contribution is 7.13. The number of carbonyl (C=O) groups excluding carboxylic acids is 1. The number of nitrogens with one attached hydrogen (secondary N) is 1. The van der Waals surface area contributed by atoms with Gasteiger partial charge in [0.15, 0.2) is 5.13 Å². The Kier molecular flexibility index (Phi) is 4.39. The minimum Gasteiger partial charge on any atom is -0.506 e. The fraction of sp³-hybridized carbons (Fsp3) is 0.125. The zero-order valence-electron chi connectivity index (χ0n) is 12.6. The van der Waals surface area contributed by atoms with Crippen LogP contribution in [-0.4, -0.2) is 28.8 Å². The van der Waals surface area contributed by atoms with Gasteiger partial charge in [-0.25, -0.2) is 9.78 Å². The summed E-state index contributed by atoms with van der Waals surface area (Å²) < 4.78 is 5.11. The van der Waals surface area contributed by atoms with Crippen molar-refractivity contribution in [1.29, 1.82) is 0 Å². The Labute approximate surface area is 140 Å². The molecule has 0 atom stereocenters. The molecular formula is C16H13N3O4S. The zero-order chi connectivity index (χ0) is 17.1. The van der Waals surface area contributed by atoms with E-state index in [1.807, 2.05) is 12.3 Å². The van der Waals surface area contributed by atoms with Crippen molar-refractivity contribution in [2.45, 2.75) is 6.92 Å². The fourth-order valence-corrected chi connectivity index (χ4v) is 2.76. The molecule has 8 heteroatoms. The van der Waals surface area contributed by atoms with Crippen LogP contribution in [0.4, 0.5) is 5.13 Å². The maximum Gasteiger partial charge on any atom is 0.348 e. The van der Waals surface area contributed by atoms with Crippen molar-refractivity contribution in [1.82, 2.24) is 4.98 Å². The quantitative estimate of drug-likeness (QED) is 0.559. The van der Waals surface area contributed by atoms with Crippen LogP contribution < -0.4 is 10.9 Å². The van der Waals surface area contributed by atoms with E-state index in [2.05, 4.69) is 15.3 Å². The van der Waals surface area contributed by atoms with Crippen LogP contribution >= 0.6 is 11.3 Å². The molecule has 0 aliphatic rings. The molecule has 122 valence electrons. The third kappa shape index (κ3) is 3.33. The highest BCUT2D eigenvalue weighted by Gasteiger charge is 2.12. The number of aliphatic imine (C=N–C) groups is 1. The molecule has 1 amide bonds. The van der Waals surface area contributed by atoms with E-state index in [1.54, 1.807) is 24.3 Å². The van der Waals surface area contributed by atoms with E-state index in [0.29, 0.717) is 10.5 Å². The van der Waals surface area contributed by atoms with Gasteiger partial charge in [-0.05, 0) is 19.1 Å². The van der Waals surface area contributed by atoms with E-state index >= 15 is 0 Å². The predicted octanol–water partition coefficient (Wildman–Crippen LogP) is 2.32. The number of para-hydroxylation sites is 1. The van der Waals surface area contributed by atoms with Gasteiger partial charge in [-0.1, -0.05) is 12.1 Å². The summed E-state index contributed by atoms with van der Waals surface area (Å²) in [5, 5.41) is 15.5. The number of carbonyl (C=O) groups is 1. The third-order valence-electron chi connectivity index (χ3n) is 3.14. The van der Waals surface area contributed by atoms with E-state index in [9.17, 15) is 14.7 Å². The minimum absolute atomic E-state index is 0.0911. The molecule has 0 unspecified atom stereocenters. The van der Waals surface area contributed by atoms with Gasteiger partial charge in [0.05, 0.1) is 11.1 Å². The number of benzene rings is 1. The van der Waals surface area contributed by atoms with Crippen LogP contribution in [-0.2, 0) is 4.79 Å². The van der Waals surface area contributed by atoms with Gasteiger partial charge in [0.2, 0.25) is 5.91 Å². The van der Waals surface area contributed by atoms with Crippen LogP contribution in [0.5, 0.6) is 5.75 Å². The summed E-state index contributed by atoms with van der Waals surface area (Å²) in [6.07, 6.45) is 1.14. The van der Waals surface area contributed by atoms with Crippen LogP contribution in [0.2, 0.25) is 0 Å². The van der Waals surface area contributed by atoms with Crippen LogP contribution in [0.1, 0.15) is 11.3 Å². The number of hydrogen-bond acceptors (Lipinski definition) is 7. The molecule has 0 fully saturated rings. The molecule has 0 aliphatic carbocycles. The van der Waals surface area contributed by atoms with Gasteiger partial charge >= 0.3 is 5.63 Å². The number of anilines is 1. The second kappa shape index (κ2) is 6.63. The monoisotopic (exact) mass is 343 g/mol. The minimum atomic E-state index is -0.717. The number of aryl methyl sites for hydroxylation is 1. The molecule has 1 aromatic carbocycles. The number of aromatic nitrogens is 1. The van der Waals surface area contributed by atoms with Crippen molar-refractivity contribution in [2.24, 2.45) is 4.99 Å². The summed E-state index contributed by atoms with van der Waals surface area (Å²) in [5.41, 5.74) is 0.295. The molecule has 3 rings (SSSR count). The lowest BCUT2D eigenvalue weighted by molar-refractivity contribution is -0.114. The standard InChI is InChI=1S/C16H13N3O4S/c1-9-8-24-16(18-9)19-13(20)7-17-6-11-14(21)10-4-2-3-5-12(10)23-15(11)22/h2-6,8,21H,7H2,1H3,(H,18,19,20). The van der Waals surface area contributed by atoms with Crippen molar-refractivity contribution in [3.8, 4) is 5.75 Å². The molecule has 2 heterocycles. The van der Waals surface area contributed by atoms with Crippen molar-refractivity contribution in [3.05, 3.63) is 51.3 Å². The van der Waals surface area contributed by atoms with Crippen LogP contribution in [0.3, 0.4) is 0 Å². The Morgan fingerprint density at radius 2 is 2.25 bits per heavy atom. The van der Waals surface area contributed by atoms with Gasteiger partial charge in [0.1, 0.15) is 23.4 Å². The third-order valence-corrected chi connectivity index (χ3v) is 4.02. The fourth-order valence-electron chi connectivity index (χ4n) is 2.05. The van der Waals surface area contributed by atoms with E-state index in [1.165, 1.54) is 11.3 Å². The Bertz CT molecular complexity index is 990. The van der Waals surface area contributed by atoms with Gasteiger partial charge in [-0.2, -0.15) is 0 Å². The number of fused-ring (bicyclic) bond motifs is 1. The van der Waals surface area contributed by atoms with Gasteiger partial charge in [0.25, 0.3) is 0 Å². The largest absolute Gasteiger partial charge is 0.506 e. The first kappa shape index (κ1) is 15.9. The SMILES string of the molecule is Cc1csc(NC(=O)CN=Cc2c(O)c3ccccc3oc2=O)n1. The predicted molar refractivity (Wildman–Crippen MR) is 92.1 cm³/mol. The smallest absolute Gasteiger partial charge is 0.348 e. The Hall–Kier alpha value is -3.00. The lowest BCUT2D eigenvalue weighted by Crippen LogP contribution is -2.15. The lowest BCUT2D eigenvalue weighted by atomic mass is 10.1. The molecule has 0 saturated heterocycles. The molecule has 0 radical (unpaired) electrons. The maximum absolute atomic E-state index is 11.9. The molecule has 3 aromatic rings. The van der Waals surface area contributed by atoms with Crippen molar-refractivity contribution in [2.75, 3.05) is 11.9 Å². The van der Waals surface area contributed by atoms with Crippen LogP contribution in [0.15, 0.2) is 43.8 Å². The molecule has 24 heavy (non-hydrogen) atoms.